The molecule has 0 aliphatic carbocycles. The molecule has 3 aromatic rings. The SMILES string of the molecule is O=C(Cn1c(=O)oc2ccccc21)NCc1cccc(C(=O)N2CCCC2)c1. The lowest BCUT2D eigenvalue weighted by Crippen LogP contribution is -2.30. The van der Waals surface area contributed by atoms with E-state index in [2.05, 4.69) is 5.32 Å². The van der Waals surface area contributed by atoms with Gasteiger partial charge in [-0.05, 0) is 42.7 Å². The van der Waals surface area contributed by atoms with Crippen LogP contribution in [-0.2, 0) is 17.9 Å². The summed E-state index contributed by atoms with van der Waals surface area (Å²) < 4.78 is 6.44. The average Bonchev–Trinajstić information content (AvgIpc) is 3.35. The Hall–Kier alpha value is -3.35. The number of para-hydroxylation sites is 2. The van der Waals surface area contributed by atoms with Gasteiger partial charge in [0.25, 0.3) is 5.91 Å². The van der Waals surface area contributed by atoms with Crippen LogP contribution in [0, 0.1) is 0 Å². The lowest BCUT2D eigenvalue weighted by molar-refractivity contribution is -0.121. The number of carbonyl (C=O) groups excluding carboxylic acids is 2. The molecule has 0 saturated carbocycles. The van der Waals surface area contributed by atoms with Gasteiger partial charge in [0.15, 0.2) is 5.58 Å². The van der Waals surface area contributed by atoms with Crippen molar-refractivity contribution in [2.24, 2.45) is 0 Å². The normalized spacial score (nSPS) is 13.8. The molecule has 0 atom stereocenters. The van der Waals surface area contributed by atoms with Crippen LogP contribution < -0.4 is 11.1 Å². The summed E-state index contributed by atoms with van der Waals surface area (Å²) in [6.07, 6.45) is 2.09. The number of benzene rings is 2. The molecule has 0 bridgehead atoms. The van der Waals surface area contributed by atoms with E-state index < -0.39 is 5.76 Å². The zero-order valence-corrected chi connectivity index (χ0v) is 15.4. The summed E-state index contributed by atoms with van der Waals surface area (Å²) in [4.78, 5) is 38.6. The second kappa shape index (κ2) is 7.72. The molecule has 2 heterocycles. The molecule has 0 unspecified atom stereocenters. The quantitative estimate of drug-likeness (QED) is 0.736. The first-order valence-corrected chi connectivity index (χ1v) is 9.35. The van der Waals surface area contributed by atoms with Crippen LogP contribution in [-0.4, -0.2) is 34.4 Å². The summed E-state index contributed by atoms with van der Waals surface area (Å²) in [7, 11) is 0. The van der Waals surface area contributed by atoms with Gasteiger partial charge in [-0.15, -0.1) is 0 Å². The molecule has 7 nitrogen and oxygen atoms in total. The first kappa shape index (κ1) is 18.0. The fraction of sp³-hybridized carbons (Fsp3) is 0.286. The van der Waals surface area contributed by atoms with Crippen molar-refractivity contribution in [3.8, 4) is 0 Å². The molecular formula is C21H21N3O4. The molecule has 28 heavy (non-hydrogen) atoms. The van der Waals surface area contributed by atoms with Crippen molar-refractivity contribution in [2.75, 3.05) is 13.1 Å². The maximum absolute atomic E-state index is 12.5. The predicted octanol–water partition coefficient (Wildman–Crippen LogP) is 2.15. The summed E-state index contributed by atoms with van der Waals surface area (Å²) in [5.41, 5.74) is 2.50. The van der Waals surface area contributed by atoms with E-state index in [0.717, 1.165) is 31.5 Å². The molecule has 1 fully saturated rings. The fourth-order valence-corrected chi connectivity index (χ4v) is 3.48. The highest BCUT2D eigenvalue weighted by Gasteiger charge is 2.19. The Labute approximate surface area is 161 Å². The third-order valence-corrected chi connectivity index (χ3v) is 4.93. The number of fused-ring (bicyclic) bond motifs is 1. The molecule has 2 amide bonds. The lowest BCUT2D eigenvalue weighted by Gasteiger charge is -2.15. The highest BCUT2D eigenvalue weighted by molar-refractivity contribution is 5.94. The molecule has 144 valence electrons. The molecular weight excluding hydrogens is 358 g/mol. The number of likely N-dealkylation sites (tertiary alicyclic amines) is 1. The van der Waals surface area contributed by atoms with Crippen molar-refractivity contribution in [1.82, 2.24) is 14.8 Å². The molecule has 1 saturated heterocycles. The van der Waals surface area contributed by atoms with Gasteiger partial charge in [-0.3, -0.25) is 14.2 Å². The Morgan fingerprint density at radius 3 is 2.64 bits per heavy atom. The third-order valence-electron chi connectivity index (χ3n) is 4.93. The Morgan fingerprint density at radius 1 is 1.04 bits per heavy atom. The van der Waals surface area contributed by atoms with Crippen molar-refractivity contribution < 1.29 is 14.0 Å². The van der Waals surface area contributed by atoms with E-state index in [1.54, 1.807) is 36.4 Å². The van der Waals surface area contributed by atoms with Gasteiger partial charge in [-0.2, -0.15) is 0 Å². The zero-order valence-electron chi connectivity index (χ0n) is 15.4. The third kappa shape index (κ3) is 3.69. The molecule has 0 radical (unpaired) electrons. The molecule has 2 aromatic carbocycles. The van der Waals surface area contributed by atoms with Crippen LogP contribution in [0.4, 0.5) is 0 Å². The first-order valence-electron chi connectivity index (χ1n) is 9.35. The van der Waals surface area contributed by atoms with Crippen LogP contribution in [0.1, 0.15) is 28.8 Å². The van der Waals surface area contributed by atoms with Crippen LogP contribution in [0.5, 0.6) is 0 Å². The maximum atomic E-state index is 12.5. The fourth-order valence-electron chi connectivity index (χ4n) is 3.48. The van der Waals surface area contributed by atoms with Crippen molar-refractivity contribution in [3.05, 3.63) is 70.2 Å². The number of hydrogen-bond donors (Lipinski definition) is 1. The van der Waals surface area contributed by atoms with E-state index in [9.17, 15) is 14.4 Å². The highest BCUT2D eigenvalue weighted by atomic mass is 16.4. The van der Waals surface area contributed by atoms with Gasteiger partial charge in [0.2, 0.25) is 5.91 Å². The number of aromatic nitrogens is 1. The molecule has 0 spiro atoms. The molecule has 7 heteroatoms. The number of rotatable bonds is 5. The van der Waals surface area contributed by atoms with Crippen molar-refractivity contribution in [1.29, 1.82) is 0 Å². The van der Waals surface area contributed by atoms with E-state index in [1.807, 2.05) is 17.0 Å². The minimum Gasteiger partial charge on any atom is -0.408 e. The molecule has 1 N–H and O–H groups in total. The predicted molar refractivity (Wildman–Crippen MR) is 104 cm³/mol. The van der Waals surface area contributed by atoms with Gasteiger partial charge in [0.05, 0.1) is 5.52 Å². The largest absolute Gasteiger partial charge is 0.420 e. The first-order chi connectivity index (χ1) is 13.6. The van der Waals surface area contributed by atoms with Gasteiger partial charge in [0, 0.05) is 25.2 Å². The summed E-state index contributed by atoms with van der Waals surface area (Å²) in [6.45, 7) is 1.76. The zero-order chi connectivity index (χ0) is 19.5. The second-order valence-corrected chi connectivity index (χ2v) is 6.90. The number of hydrogen-bond acceptors (Lipinski definition) is 4. The van der Waals surface area contributed by atoms with Crippen LogP contribution in [0.3, 0.4) is 0 Å². The minimum absolute atomic E-state index is 0.0297. The lowest BCUT2D eigenvalue weighted by atomic mass is 10.1. The van der Waals surface area contributed by atoms with E-state index >= 15 is 0 Å². The van der Waals surface area contributed by atoms with Crippen molar-refractivity contribution >= 4 is 22.9 Å². The monoisotopic (exact) mass is 379 g/mol. The van der Waals surface area contributed by atoms with Crippen molar-refractivity contribution in [3.63, 3.8) is 0 Å². The summed E-state index contributed by atoms with van der Waals surface area (Å²) in [5.74, 6) is -0.832. The Kier molecular flexibility index (Phi) is 4.97. The maximum Gasteiger partial charge on any atom is 0.420 e. The number of carbonyl (C=O) groups is 2. The Balaban J connectivity index is 1.41. The topological polar surface area (TPSA) is 84.5 Å². The van der Waals surface area contributed by atoms with E-state index in [4.69, 9.17) is 4.42 Å². The second-order valence-electron chi connectivity index (χ2n) is 6.90. The smallest absolute Gasteiger partial charge is 0.408 e. The molecule has 1 aliphatic heterocycles. The summed E-state index contributed by atoms with van der Waals surface area (Å²) in [6, 6.07) is 14.3. The van der Waals surface area contributed by atoms with E-state index in [1.165, 1.54) is 4.57 Å². The summed E-state index contributed by atoms with van der Waals surface area (Å²) in [5, 5.41) is 2.80. The average molecular weight is 379 g/mol. The number of oxazole rings is 1. The van der Waals surface area contributed by atoms with Crippen LogP contribution >= 0.6 is 0 Å². The van der Waals surface area contributed by atoms with Crippen LogP contribution in [0.25, 0.3) is 11.1 Å². The van der Waals surface area contributed by atoms with Gasteiger partial charge in [-0.25, -0.2) is 4.79 Å². The number of nitrogens with one attached hydrogen (secondary N) is 1. The van der Waals surface area contributed by atoms with Gasteiger partial charge in [0.1, 0.15) is 6.54 Å². The van der Waals surface area contributed by atoms with E-state index in [-0.39, 0.29) is 24.9 Å². The molecule has 4 rings (SSSR count). The van der Waals surface area contributed by atoms with Crippen LogP contribution in [0.15, 0.2) is 57.7 Å². The van der Waals surface area contributed by atoms with E-state index in [0.29, 0.717) is 16.7 Å². The minimum atomic E-state index is -0.561. The van der Waals surface area contributed by atoms with Crippen LogP contribution in [0.2, 0.25) is 0 Å². The van der Waals surface area contributed by atoms with Gasteiger partial charge >= 0.3 is 5.76 Å². The Morgan fingerprint density at radius 2 is 1.82 bits per heavy atom. The van der Waals surface area contributed by atoms with Gasteiger partial charge in [-0.1, -0.05) is 24.3 Å². The number of nitrogens with zero attached hydrogens (tertiary/aromatic N) is 2. The van der Waals surface area contributed by atoms with Gasteiger partial charge < -0.3 is 14.6 Å². The molecule has 1 aliphatic rings. The molecule has 1 aromatic heterocycles. The van der Waals surface area contributed by atoms with Crippen molar-refractivity contribution in [2.45, 2.75) is 25.9 Å². The standard InChI is InChI=1S/C21H21N3O4/c25-19(14-24-17-8-1-2-9-18(17)28-21(24)27)22-13-15-6-5-7-16(12-15)20(26)23-10-3-4-11-23/h1-2,5-9,12H,3-4,10-11,13-14H2,(H,22,25). The highest BCUT2D eigenvalue weighted by Crippen LogP contribution is 2.14. The Bertz CT molecular complexity index is 1080. The number of amides is 2. The summed E-state index contributed by atoms with van der Waals surface area (Å²) >= 11 is 0.